The average molecular weight is 461 g/mol. The highest BCUT2D eigenvalue weighted by molar-refractivity contribution is 7.89. The molecule has 1 heterocycles. The smallest absolute Gasteiger partial charge is 0.338 e. The van der Waals surface area contributed by atoms with Crippen molar-refractivity contribution in [2.75, 3.05) is 32.1 Å². The molecule has 0 aliphatic carbocycles. The Kier molecular flexibility index (Phi) is 7.52. The largest absolute Gasteiger partial charge is 0.496 e. The molecule has 1 amide bonds. The van der Waals surface area contributed by atoms with Crippen molar-refractivity contribution in [3.63, 3.8) is 0 Å². The van der Waals surface area contributed by atoms with E-state index in [-0.39, 0.29) is 22.8 Å². The lowest BCUT2D eigenvalue weighted by molar-refractivity contribution is 0.0525. The summed E-state index contributed by atoms with van der Waals surface area (Å²) in [5.41, 5.74) is 1.41. The summed E-state index contributed by atoms with van der Waals surface area (Å²) in [4.78, 5) is 25.3. The summed E-state index contributed by atoms with van der Waals surface area (Å²) in [5, 5.41) is 2.76. The summed E-state index contributed by atoms with van der Waals surface area (Å²) in [6.45, 7) is 4.60. The SMILES string of the molecule is CCOC(=O)c1cccc(NC(=O)c2cc(S(=O)(=O)N3CCCCC3)ccc2OC)c1C. The predicted molar refractivity (Wildman–Crippen MR) is 121 cm³/mol. The van der Waals surface area contributed by atoms with Gasteiger partial charge in [-0.05, 0) is 62.6 Å². The normalized spacial score (nSPS) is 14.6. The predicted octanol–water partition coefficient (Wildman–Crippen LogP) is 3.61. The number of anilines is 1. The summed E-state index contributed by atoms with van der Waals surface area (Å²) in [5.74, 6) is -0.769. The Labute approximate surface area is 188 Å². The van der Waals surface area contributed by atoms with Gasteiger partial charge >= 0.3 is 5.97 Å². The fourth-order valence-electron chi connectivity index (χ4n) is 3.67. The summed E-state index contributed by atoms with van der Waals surface area (Å²) in [7, 11) is -2.30. The van der Waals surface area contributed by atoms with Gasteiger partial charge in [-0.3, -0.25) is 4.79 Å². The van der Waals surface area contributed by atoms with Crippen molar-refractivity contribution in [2.24, 2.45) is 0 Å². The molecule has 0 atom stereocenters. The van der Waals surface area contributed by atoms with Gasteiger partial charge in [0.1, 0.15) is 5.75 Å². The number of methoxy groups -OCH3 is 1. The zero-order valence-corrected chi connectivity index (χ0v) is 19.3. The van der Waals surface area contributed by atoms with Gasteiger partial charge in [-0.2, -0.15) is 4.31 Å². The van der Waals surface area contributed by atoms with Crippen LogP contribution in [0.15, 0.2) is 41.3 Å². The first-order chi connectivity index (χ1) is 15.3. The number of amides is 1. The van der Waals surface area contributed by atoms with Crippen molar-refractivity contribution in [1.82, 2.24) is 4.31 Å². The number of piperidine rings is 1. The molecule has 1 aliphatic rings. The van der Waals surface area contributed by atoms with E-state index in [2.05, 4.69) is 5.32 Å². The topological polar surface area (TPSA) is 102 Å². The van der Waals surface area contributed by atoms with E-state index < -0.39 is 21.9 Å². The summed E-state index contributed by atoms with van der Waals surface area (Å²) >= 11 is 0. The van der Waals surface area contributed by atoms with Crippen LogP contribution in [0, 0.1) is 6.92 Å². The quantitative estimate of drug-likeness (QED) is 0.634. The van der Waals surface area contributed by atoms with Gasteiger partial charge in [-0.15, -0.1) is 0 Å². The molecule has 0 radical (unpaired) electrons. The van der Waals surface area contributed by atoms with Gasteiger partial charge in [0.15, 0.2) is 0 Å². The van der Waals surface area contributed by atoms with E-state index >= 15 is 0 Å². The van der Waals surface area contributed by atoms with Crippen LogP contribution in [0.25, 0.3) is 0 Å². The molecule has 172 valence electrons. The highest BCUT2D eigenvalue weighted by atomic mass is 32.2. The number of carbonyl (C=O) groups excluding carboxylic acids is 2. The zero-order valence-electron chi connectivity index (χ0n) is 18.5. The van der Waals surface area contributed by atoms with Crippen LogP contribution in [0.5, 0.6) is 5.75 Å². The van der Waals surface area contributed by atoms with Crippen LogP contribution in [0.1, 0.15) is 52.5 Å². The second kappa shape index (κ2) is 10.1. The van der Waals surface area contributed by atoms with Crippen LogP contribution >= 0.6 is 0 Å². The molecular weight excluding hydrogens is 432 g/mol. The van der Waals surface area contributed by atoms with E-state index in [4.69, 9.17) is 9.47 Å². The van der Waals surface area contributed by atoms with Gasteiger partial charge in [0.2, 0.25) is 10.0 Å². The fourth-order valence-corrected chi connectivity index (χ4v) is 5.21. The Hall–Kier alpha value is -2.91. The Morgan fingerprint density at radius 2 is 1.78 bits per heavy atom. The molecule has 0 unspecified atom stereocenters. The van der Waals surface area contributed by atoms with E-state index in [1.807, 2.05) is 0 Å². The van der Waals surface area contributed by atoms with Gasteiger partial charge in [0.05, 0.1) is 29.7 Å². The zero-order chi connectivity index (χ0) is 23.3. The third-order valence-corrected chi connectivity index (χ3v) is 7.34. The Balaban J connectivity index is 1.92. The van der Waals surface area contributed by atoms with Crippen molar-refractivity contribution in [3.8, 4) is 5.75 Å². The van der Waals surface area contributed by atoms with Crippen molar-refractivity contribution in [3.05, 3.63) is 53.1 Å². The summed E-state index contributed by atoms with van der Waals surface area (Å²) in [6.07, 6.45) is 2.64. The minimum absolute atomic E-state index is 0.0438. The molecule has 1 fully saturated rings. The van der Waals surface area contributed by atoms with Crippen LogP contribution in [0.2, 0.25) is 0 Å². The number of rotatable bonds is 7. The molecule has 1 saturated heterocycles. The molecule has 0 aromatic heterocycles. The molecule has 8 nitrogen and oxygen atoms in total. The van der Waals surface area contributed by atoms with Crippen molar-refractivity contribution in [2.45, 2.75) is 38.0 Å². The number of hydrogen-bond donors (Lipinski definition) is 1. The monoisotopic (exact) mass is 460 g/mol. The molecule has 1 aliphatic heterocycles. The highest BCUT2D eigenvalue weighted by Crippen LogP contribution is 2.28. The van der Waals surface area contributed by atoms with Crippen LogP contribution in [0.4, 0.5) is 5.69 Å². The van der Waals surface area contributed by atoms with Gasteiger partial charge in [-0.25, -0.2) is 13.2 Å². The number of nitrogens with one attached hydrogen (secondary N) is 1. The van der Waals surface area contributed by atoms with E-state index in [1.54, 1.807) is 32.0 Å². The maximum Gasteiger partial charge on any atom is 0.338 e. The Morgan fingerprint density at radius 1 is 1.06 bits per heavy atom. The second-order valence-corrected chi connectivity index (χ2v) is 9.42. The standard InChI is InChI=1S/C23H28N2O6S/c1-4-31-23(27)18-9-8-10-20(16(18)2)24-22(26)19-15-17(11-12-21(19)30-3)32(28,29)25-13-6-5-7-14-25/h8-12,15H,4-7,13-14H2,1-3H3,(H,24,26). The molecule has 1 N–H and O–H groups in total. The first kappa shape index (κ1) is 23.7. The minimum Gasteiger partial charge on any atom is -0.496 e. The number of hydrogen-bond acceptors (Lipinski definition) is 6. The van der Waals surface area contributed by atoms with E-state index in [0.717, 1.165) is 19.3 Å². The summed E-state index contributed by atoms with van der Waals surface area (Å²) < 4.78 is 37.9. The lowest BCUT2D eigenvalue weighted by Crippen LogP contribution is -2.35. The van der Waals surface area contributed by atoms with Gasteiger partial charge in [0, 0.05) is 18.8 Å². The molecule has 9 heteroatoms. The molecule has 32 heavy (non-hydrogen) atoms. The second-order valence-electron chi connectivity index (χ2n) is 7.48. The Morgan fingerprint density at radius 3 is 2.44 bits per heavy atom. The van der Waals surface area contributed by atoms with E-state index in [9.17, 15) is 18.0 Å². The lowest BCUT2D eigenvalue weighted by atomic mass is 10.1. The Bertz CT molecular complexity index is 1110. The average Bonchev–Trinajstić information content (AvgIpc) is 2.80. The van der Waals surface area contributed by atoms with Crippen LogP contribution in [0.3, 0.4) is 0 Å². The molecule has 0 bridgehead atoms. The molecule has 0 saturated carbocycles. The number of esters is 1. The maximum atomic E-state index is 13.1. The summed E-state index contributed by atoms with van der Waals surface area (Å²) in [6, 6.07) is 9.19. The number of benzene rings is 2. The third-order valence-electron chi connectivity index (χ3n) is 5.45. The van der Waals surface area contributed by atoms with Crippen LogP contribution in [-0.2, 0) is 14.8 Å². The van der Waals surface area contributed by atoms with E-state index in [1.165, 1.54) is 29.6 Å². The van der Waals surface area contributed by atoms with Crippen LogP contribution in [-0.4, -0.2) is 51.4 Å². The molecule has 2 aromatic rings. The van der Waals surface area contributed by atoms with Gasteiger partial charge < -0.3 is 14.8 Å². The molecule has 2 aromatic carbocycles. The molecule has 0 spiro atoms. The van der Waals surface area contributed by atoms with Gasteiger partial charge in [-0.1, -0.05) is 12.5 Å². The van der Waals surface area contributed by atoms with Crippen molar-refractivity contribution >= 4 is 27.6 Å². The van der Waals surface area contributed by atoms with E-state index in [0.29, 0.717) is 29.9 Å². The molecule has 3 rings (SSSR count). The fraction of sp³-hybridized carbons (Fsp3) is 0.391. The number of nitrogens with zero attached hydrogens (tertiary/aromatic N) is 1. The van der Waals surface area contributed by atoms with Gasteiger partial charge in [0.25, 0.3) is 5.91 Å². The third kappa shape index (κ3) is 4.94. The molecular formula is C23H28N2O6S. The maximum absolute atomic E-state index is 13.1. The highest BCUT2D eigenvalue weighted by Gasteiger charge is 2.28. The minimum atomic E-state index is -3.71. The lowest BCUT2D eigenvalue weighted by Gasteiger charge is -2.26. The van der Waals surface area contributed by atoms with Crippen molar-refractivity contribution < 1.29 is 27.5 Å². The van der Waals surface area contributed by atoms with Crippen molar-refractivity contribution in [1.29, 1.82) is 0 Å². The number of ether oxygens (including phenoxy) is 2. The first-order valence-corrected chi connectivity index (χ1v) is 12.0. The number of sulfonamides is 1. The van der Waals surface area contributed by atoms with Crippen LogP contribution < -0.4 is 10.1 Å². The number of carbonyl (C=O) groups is 2. The first-order valence-electron chi connectivity index (χ1n) is 10.6.